The van der Waals surface area contributed by atoms with Crippen molar-refractivity contribution in [2.75, 3.05) is 24.2 Å². The maximum Gasteiger partial charge on any atom is 0.341 e. The number of amides is 1. The molecular weight excluding hydrogens is 530 g/mol. The van der Waals surface area contributed by atoms with Gasteiger partial charge in [-0.1, -0.05) is 18.2 Å². The van der Waals surface area contributed by atoms with Gasteiger partial charge >= 0.3 is 5.97 Å². The zero-order valence-corrected chi connectivity index (χ0v) is 23.1. The highest BCUT2D eigenvalue weighted by atomic mass is 32.2. The van der Waals surface area contributed by atoms with Crippen LogP contribution in [-0.4, -0.2) is 60.4 Å². The lowest BCUT2D eigenvalue weighted by atomic mass is 10.1. The average Bonchev–Trinajstić information content (AvgIpc) is 3.43. The number of anilines is 2. The number of nitrogens with one attached hydrogen (secondary N) is 1. The van der Waals surface area contributed by atoms with Gasteiger partial charge in [-0.15, -0.1) is 0 Å². The quantitative estimate of drug-likeness (QED) is 0.330. The van der Waals surface area contributed by atoms with E-state index in [2.05, 4.69) is 15.3 Å². The van der Waals surface area contributed by atoms with Crippen LogP contribution in [0.5, 0.6) is 0 Å². The average molecular weight is 560 g/mol. The topological polar surface area (TPSA) is 134 Å². The molecule has 0 saturated carbocycles. The second-order valence-electron chi connectivity index (χ2n) is 10.2. The van der Waals surface area contributed by atoms with Crippen molar-refractivity contribution in [3.63, 3.8) is 0 Å². The Labute approximate surface area is 233 Å². The third-order valence-electron chi connectivity index (χ3n) is 7.57. The molecule has 2 N–H and O–H groups in total. The van der Waals surface area contributed by atoms with Gasteiger partial charge in [0.1, 0.15) is 5.56 Å². The van der Waals surface area contributed by atoms with E-state index in [1.165, 1.54) is 23.5 Å². The molecule has 1 aliphatic heterocycles. The Morgan fingerprint density at radius 1 is 1.05 bits per heavy atom. The second kappa shape index (κ2) is 10.6. The predicted molar refractivity (Wildman–Crippen MR) is 157 cm³/mol. The van der Waals surface area contributed by atoms with E-state index in [-0.39, 0.29) is 27.9 Å². The lowest BCUT2D eigenvalue weighted by Crippen LogP contribution is -2.42. The third-order valence-corrected chi connectivity index (χ3v) is 9.00. The summed E-state index contributed by atoms with van der Waals surface area (Å²) in [6, 6.07) is 13.6. The number of carbonyl (C=O) groups is 3. The number of fused-ring (bicyclic) bond motifs is 2. The number of aromatic nitrogens is 3. The van der Waals surface area contributed by atoms with Crippen LogP contribution in [0.15, 0.2) is 59.7 Å². The maximum atomic E-state index is 12.9. The molecule has 1 amide bonds. The lowest BCUT2D eigenvalue weighted by molar-refractivity contribution is -0.140. The van der Waals surface area contributed by atoms with Gasteiger partial charge in [0.2, 0.25) is 16.5 Å². The molecule has 1 fully saturated rings. The molecular formula is C29H29N5O5S. The summed E-state index contributed by atoms with van der Waals surface area (Å²) in [5.41, 5.74) is 4.32. The number of hydrogen-bond acceptors (Lipinski definition) is 7. The number of carboxylic acids is 1. The molecule has 6 rings (SSSR count). The van der Waals surface area contributed by atoms with Crippen molar-refractivity contribution in [1.82, 2.24) is 19.4 Å². The Kier molecular flexibility index (Phi) is 6.81. The van der Waals surface area contributed by atoms with Crippen molar-refractivity contribution in [2.45, 2.75) is 25.7 Å². The van der Waals surface area contributed by atoms with E-state index in [0.717, 1.165) is 42.0 Å². The number of pyridine rings is 1. The summed E-state index contributed by atoms with van der Waals surface area (Å²) in [6.45, 7) is 1.18. The number of aromatic carboxylic acids is 1. The minimum absolute atomic E-state index is 0.120. The predicted octanol–water partition coefficient (Wildman–Crippen LogP) is 2.28. The lowest BCUT2D eigenvalue weighted by Gasteiger charge is -2.26. The minimum Gasteiger partial charge on any atom is -0.477 e. The van der Waals surface area contributed by atoms with Gasteiger partial charge in [0.15, 0.2) is 5.65 Å². The van der Waals surface area contributed by atoms with Crippen molar-refractivity contribution in [3.05, 3.63) is 87.3 Å². The van der Waals surface area contributed by atoms with Gasteiger partial charge in [-0.05, 0) is 72.4 Å². The summed E-state index contributed by atoms with van der Waals surface area (Å²) >= 11 is -0.897. The summed E-state index contributed by atoms with van der Waals surface area (Å²) in [4.78, 5) is 59.1. The van der Waals surface area contributed by atoms with E-state index < -0.39 is 23.2 Å². The Hall–Kier alpha value is -4.51. The molecule has 206 valence electrons. The molecule has 10 nitrogen and oxygen atoms in total. The highest BCUT2D eigenvalue weighted by molar-refractivity contribution is 8.15. The van der Waals surface area contributed by atoms with Crippen LogP contribution in [0.2, 0.25) is 0 Å². The summed E-state index contributed by atoms with van der Waals surface area (Å²) in [5, 5.41) is 12.8. The fourth-order valence-corrected chi connectivity index (χ4v) is 6.70. The second-order valence-corrected chi connectivity index (χ2v) is 12.0. The first-order valence-electron chi connectivity index (χ1n) is 13.3. The monoisotopic (exact) mass is 559 g/mol. The van der Waals surface area contributed by atoms with E-state index in [4.69, 9.17) is 0 Å². The number of hydrogen-bond donors (Lipinski definition) is 2. The number of carbonyl (C=O) groups excluding carboxylic acids is 2. The number of rotatable bonds is 7. The van der Waals surface area contributed by atoms with E-state index in [1.807, 2.05) is 42.5 Å². The Balaban J connectivity index is 1.27. The van der Waals surface area contributed by atoms with E-state index in [1.54, 1.807) is 9.47 Å². The molecule has 0 spiro atoms. The zero-order valence-electron chi connectivity index (χ0n) is 21.7. The molecule has 1 aliphatic carbocycles. The van der Waals surface area contributed by atoms with E-state index in [9.17, 15) is 24.3 Å². The van der Waals surface area contributed by atoms with Crippen molar-refractivity contribution in [3.8, 4) is 5.69 Å². The van der Waals surface area contributed by atoms with Crippen molar-refractivity contribution in [1.29, 1.82) is 0 Å². The molecule has 4 aromatic rings. The molecule has 1 saturated heterocycles. The number of benzene rings is 2. The Morgan fingerprint density at radius 3 is 2.65 bits per heavy atom. The van der Waals surface area contributed by atoms with Gasteiger partial charge in [0.05, 0.1) is 5.39 Å². The SMILES string of the molecule is O=C1[SH4]CCN(CCc2ccc(Nc3ncc4c(=O)c(C(=O)O)cn(-c5ccc6c(c5)CCC6)c4n3)cc2)C1=O. The minimum atomic E-state index is -1.30. The van der Waals surface area contributed by atoms with Crippen LogP contribution in [0, 0.1) is 0 Å². The molecule has 2 aromatic carbocycles. The first kappa shape index (κ1) is 25.8. The molecule has 40 heavy (non-hydrogen) atoms. The number of aryl methyl sites for hydroxylation is 2. The molecule has 2 aromatic heterocycles. The van der Waals surface area contributed by atoms with Crippen LogP contribution in [-0.2, 0) is 28.9 Å². The summed E-state index contributed by atoms with van der Waals surface area (Å²) < 4.78 is 1.64. The molecule has 3 heterocycles. The first-order chi connectivity index (χ1) is 19.4. The van der Waals surface area contributed by atoms with E-state index >= 15 is 0 Å². The number of nitrogens with zero attached hydrogens (tertiary/aromatic N) is 4. The molecule has 0 bridgehead atoms. The molecule has 0 radical (unpaired) electrons. The smallest absolute Gasteiger partial charge is 0.341 e. The fourth-order valence-electron chi connectivity index (χ4n) is 5.40. The standard InChI is InChI=1S/C29H29N5O5S/c35-24-22-15-30-29(31-20-7-4-17(5-8-20)10-11-33-12-13-40-28(39)26(33)36)32-25(22)34(16-23(24)27(37)38)21-9-6-18-2-1-3-19(18)14-21/h4-9,14-16H,1-3,10-13H2,40H4,(H,37,38)(H,30,31,32). The maximum absolute atomic E-state index is 12.9. The van der Waals surface area contributed by atoms with Gasteiger partial charge in [-0.2, -0.15) is 4.98 Å². The Bertz CT molecular complexity index is 1730. The van der Waals surface area contributed by atoms with Crippen molar-refractivity contribution >= 4 is 51.4 Å². The normalized spacial score (nSPS) is 15.2. The molecule has 2 aliphatic rings. The molecule has 11 heteroatoms. The van der Waals surface area contributed by atoms with Crippen LogP contribution in [0.1, 0.15) is 33.5 Å². The third kappa shape index (κ3) is 4.95. The summed E-state index contributed by atoms with van der Waals surface area (Å²) in [7, 11) is 0. The highest BCUT2D eigenvalue weighted by Gasteiger charge is 2.24. The van der Waals surface area contributed by atoms with Gasteiger partial charge in [-0.3, -0.25) is 14.4 Å². The first-order valence-corrected chi connectivity index (χ1v) is 15.0. The van der Waals surface area contributed by atoms with Gasteiger partial charge in [0.25, 0.3) is 5.91 Å². The van der Waals surface area contributed by atoms with Crippen LogP contribution >= 0.6 is 11.8 Å². The fraction of sp³-hybridized carbons (Fsp3) is 0.241. The van der Waals surface area contributed by atoms with Crippen molar-refractivity contribution < 1.29 is 19.5 Å². The largest absolute Gasteiger partial charge is 0.477 e. The van der Waals surface area contributed by atoms with Crippen LogP contribution < -0.4 is 10.7 Å². The van der Waals surface area contributed by atoms with Crippen LogP contribution in [0.3, 0.4) is 0 Å². The van der Waals surface area contributed by atoms with Gasteiger partial charge in [-0.25, -0.2) is 21.5 Å². The van der Waals surface area contributed by atoms with Crippen LogP contribution in [0.25, 0.3) is 16.7 Å². The zero-order chi connectivity index (χ0) is 27.8. The molecule has 0 unspecified atom stereocenters. The van der Waals surface area contributed by atoms with Crippen LogP contribution in [0.4, 0.5) is 11.6 Å². The van der Waals surface area contributed by atoms with Gasteiger partial charge < -0.3 is 19.9 Å². The van der Waals surface area contributed by atoms with E-state index in [0.29, 0.717) is 25.2 Å². The highest BCUT2D eigenvalue weighted by Crippen LogP contribution is 2.26. The van der Waals surface area contributed by atoms with Gasteiger partial charge in [0, 0.05) is 36.9 Å². The van der Waals surface area contributed by atoms with Crippen molar-refractivity contribution in [2.24, 2.45) is 0 Å². The summed E-state index contributed by atoms with van der Waals surface area (Å²) in [6.07, 6.45) is 6.39. The summed E-state index contributed by atoms with van der Waals surface area (Å²) in [5.74, 6) is -0.531. The molecule has 0 atom stereocenters. The number of carboxylic acid groups (broad SMARTS) is 1. The Morgan fingerprint density at radius 2 is 1.85 bits per heavy atom.